The predicted octanol–water partition coefficient (Wildman–Crippen LogP) is 8.03. The highest BCUT2D eigenvalue weighted by Crippen LogP contribution is 2.45. The topological polar surface area (TPSA) is 12.4 Å². The molecule has 2 heteroatoms. The number of allylic oxidation sites excluding steroid dienone is 4. The van der Waals surface area contributed by atoms with Crippen molar-refractivity contribution in [2.45, 2.75) is 37.0 Å². The quantitative estimate of drug-likeness (QED) is 0.426. The van der Waals surface area contributed by atoms with Crippen LogP contribution in [-0.2, 0) is 0 Å². The summed E-state index contributed by atoms with van der Waals surface area (Å²) in [6, 6.07) is 28.2. The summed E-state index contributed by atoms with van der Waals surface area (Å²) in [6.07, 6.45) is 5.66. The van der Waals surface area contributed by atoms with Gasteiger partial charge in [-0.25, -0.2) is 4.99 Å². The molecule has 0 saturated heterocycles. The maximum Gasteiger partial charge on any atom is 0.0779 e. The van der Waals surface area contributed by atoms with Gasteiger partial charge in [-0.15, -0.1) is 0 Å². The van der Waals surface area contributed by atoms with Crippen molar-refractivity contribution in [3.05, 3.63) is 118 Å². The van der Waals surface area contributed by atoms with Crippen molar-refractivity contribution in [3.8, 4) is 0 Å². The van der Waals surface area contributed by atoms with E-state index in [9.17, 15) is 0 Å². The summed E-state index contributed by atoms with van der Waals surface area (Å²) in [5, 5.41) is 0. The van der Waals surface area contributed by atoms with E-state index in [4.69, 9.17) is 4.99 Å². The molecule has 3 aromatic carbocycles. The second-order valence-corrected chi connectivity index (χ2v) is 9.17. The molecule has 5 rings (SSSR count). The molecule has 0 spiro atoms. The first-order chi connectivity index (χ1) is 14.7. The van der Waals surface area contributed by atoms with E-state index >= 15 is 0 Å². The van der Waals surface area contributed by atoms with Gasteiger partial charge in [0.2, 0.25) is 0 Å². The molecule has 2 aliphatic rings. The van der Waals surface area contributed by atoms with Gasteiger partial charge in [-0.1, -0.05) is 104 Å². The van der Waals surface area contributed by atoms with Gasteiger partial charge in [-0.05, 0) is 41.3 Å². The molecular formula is C28H25NS. The Kier molecular flexibility index (Phi) is 5.18. The second-order valence-electron chi connectivity index (χ2n) is 8.08. The zero-order valence-electron chi connectivity index (χ0n) is 17.4. The van der Waals surface area contributed by atoms with Crippen LogP contribution < -0.4 is 0 Å². The van der Waals surface area contributed by atoms with Crippen LogP contribution in [0.5, 0.6) is 0 Å². The zero-order chi connectivity index (χ0) is 20.5. The summed E-state index contributed by atoms with van der Waals surface area (Å²) in [6.45, 7) is 4.57. The van der Waals surface area contributed by atoms with Crippen molar-refractivity contribution in [1.29, 1.82) is 0 Å². The highest BCUT2D eigenvalue weighted by molar-refractivity contribution is 8.04. The number of aliphatic imine (C=N–C) groups is 1. The molecule has 1 nitrogen and oxygen atoms in total. The van der Waals surface area contributed by atoms with Gasteiger partial charge in [-0.2, -0.15) is 0 Å². The molecule has 1 heterocycles. The number of benzene rings is 3. The van der Waals surface area contributed by atoms with Crippen LogP contribution in [0, 0.1) is 0 Å². The first kappa shape index (κ1) is 19.1. The second kappa shape index (κ2) is 8.12. The lowest BCUT2D eigenvalue weighted by Crippen LogP contribution is -2.10. The van der Waals surface area contributed by atoms with E-state index in [-0.39, 0.29) is 0 Å². The Morgan fingerprint density at radius 3 is 2.13 bits per heavy atom. The van der Waals surface area contributed by atoms with Crippen LogP contribution in [0.15, 0.2) is 111 Å². The highest BCUT2D eigenvalue weighted by atomic mass is 32.2. The van der Waals surface area contributed by atoms with Crippen molar-refractivity contribution in [1.82, 2.24) is 0 Å². The summed E-state index contributed by atoms with van der Waals surface area (Å²) in [5.74, 6) is 0.761. The smallest absolute Gasteiger partial charge is 0.0779 e. The molecule has 1 aliphatic carbocycles. The highest BCUT2D eigenvalue weighted by Gasteiger charge is 2.23. The van der Waals surface area contributed by atoms with E-state index in [1.807, 2.05) is 11.8 Å². The van der Waals surface area contributed by atoms with Gasteiger partial charge in [0.25, 0.3) is 0 Å². The number of rotatable bonds is 4. The lowest BCUT2D eigenvalue weighted by atomic mass is 9.88. The van der Waals surface area contributed by atoms with Crippen molar-refractivity contribution < 1.29 is 0 Å². The number of hydrogen-bond acceptors (Lipinski definition) is 2. The van der Waals surface area contributed by atoms with Crippen molar-refractivity contribution in [2.75, 3.05) is 0 Å². The summed E-state index contributed by atoms with van der Waals surface area (Å²) >= 11 is 1.85. The largest absolute Gasteiger partial charge is 0.247 e. The number of fused-ring (bicyclic) bond motifs is 2. The van der Waals surface area contributed by atoms with E-state index < -0.39 is 0 Å². The van der Waals surface area contributed by atoms with E-state index in [0.29, 0.717) is 11.8 Å². The van der Waals surface area contributed by atoms with E-state index in [2.05, 4.69) is 105 Å². The minimum absolute atomic E-state index is 0.356. The Morgan fingerprint density at radius 1 is 0.767 bits per heavy atom. The molecule has 0 saturated carbocycles. The fourth-order valence-corrected chi connectivity index (χ4v) is 5.18. The van der Waals surface area contributed by atoms with Crippen LogP contribution in [0.1, 0.15) is 48.8 Å². The molecule has 30 heavy (non-hydrogen) atoms. The average Bonchev–Trinajstić information content (AvgIpc) is 2.82. The maximum absolute atomic E-state index is 5.08. The first-order valence-corrected chi connectivity index (χ1v) is 11.4. The summed E-state index contributed by atoms with van der Waals surface area (Å²) in [4.78, 5) is 7.62. The molecule has 3 aromatic rings. The molecule has 2 unspecified atom stereocenters. The van der Waals surface area contributed by atoms with Crippen molar-refractivity contribution in [3.63, 3.8) is 0 Å². The molecule has 2 atom stereocenters. The fraction of sp³-hybridized carbons (Fsp3) is 0.179. The number of thioether (sulfide) groups is 1. The first-order valence-electron chi connectivity index (χ1n) is 10.6. The Bertz CT molecular complexity index is 1160. The Morgan fingerprint density at radius 2 is 1.43 bits per heavy atom. The van der Waals surface area contributed by atoms with Crippen LogP contribution >= 0.6 is 11.8 Å². The number of nitrogens with zero attached hydrogens (tertiary/aromatic N) is 1. The lowest BCUT2D eigenvalue weighted by molar-refractivity contribution is 0.861. The Hall–Kier alpha value is -2.84. The summed E-state index contributed by atoms with van der Waals surface area (Å²) in [7, 11) is 0. The average molecular weight is 408 g/mol. The Balaban J connectivity index is 1.47. The van der Waals surface area contributed by atoms with Crippen LogP contribution in [0.25, 0.3) is 0 Å². The lowest BCUT2D eigenvalue weighted by Gasteiger charge is -2.24. The van der Waals surface area contributed by atoms with E-state index in [1.54, 1.807) is 0 Å². The standard InChI is InChI=1S/C28H25NS/c1-19(21-9-5-3-6-10-21)23-13-15-27-25(17-23)29-26-18-24(14-16-28(26)30-27)20(2)22-11-7-4-8-12-22/h3-13,15-20H,14H2,1-2H3. The maximum atomic E-state index is 5.08. The van der Waals surface area contributed by atoms with Crippen molar-refractivity contribution >= 4 is 23.2 Å². The van der Waals surface area contributed by atoms with Crippen LogP contribution in [0.4, 0.5) is 5.69 Å². The molecule has 0 fully saturated rings. The molecule has 0 radical (unpaired) electrons. The third-order valence-electron chi connectivity index (χ3n) is 6.20. The monoisotopic (exact) mass is 407 g/mol. The van der Waals surface area contributed by atoms with Gasteiger partial charge in [0.1, 0.15) is 0 Å². The third kappa shape index (κ3) is 3.68. The van der Waals surface area contributed by atoms with Gasteiger partial charge < -0.3 is 0 Å². The summed E-state index contributed by atoms with van der Waals surface area (Å²) in [5.41, 5.74) is 7.66. The van der Waals surface area contributed by atoms with E-state index in [0.717, 1.165) is 17.8 Å². The third-order valence-corrected chi connectivity index (χ3v) is 7.36. The van der Waals surface area contributed by atoms with Gasteiger partial charge >= 0.3 is 0 Å². The molecule has 0 N–H and O–H groups in total. The van der Waals surface area contributed by atoms with Gasteiger partial charge in [-0.3, -0.25) is 0 Å². The van der Waals surface area contributed by atoms with E-state index in [1.165, 1.54) is 32.1 Å². The molecule has 1 aliphatic heterocycles. The van der Waals surface area contributed by atoms with Gasteiger partial charge in [0.15, 0.2) is 0 Å². The van der Waals surface area contributed by atoms with Crippen molar-refractivity contribution in [2.24, 2.45) is 4.99 Å². The van der Waals surface area contributed by atoms with Crippen LogP contribution in [0.2, 0.25) is 0 Å². The predicted molar refractivity (Wildman–Crippen MR) is 129 cm³/mol. The van der Waals surface area contributed by atoms with Gasteiger partial charge in [0, 0.05) is 21.6 Å². The molecule has 0 bridgehead atoms. The minimum atomic E-state index is 0.356. The number of hydrogen-bond donors (Lipinski definition) is 0. The summed E-state index contributed by atoms with van der Waals surface area (Å²) < 4.78 is 0. The fourth-order valence-electron chi connectivity index (χ4n) is 4.22. The van der Waals surface area contributed by atoms with Gasteiger partial charge in [0.05, 0.1) is 11.4 Å². The van der Waals surface area contributed by atoms with Crippen LogP contribution in [0.3, 0.4) is 0 Å². The molecule has 0 aromatic heterocycles. The normalized spacial score (nSPS) is 17.1. The minimum Gasteiger partial charge on any atom is -0.247 e. The zero-order valence-corrected chi connectivity index (χ0v) is 18.2. The molecule has 148 valence electrons. The molecular weight excluding hydrogens is 382 g/mol. The molecule has 0 amide bonds. The van der Waals surface area contributed by atoms with Crippen LogP contribution in [-0.4, -0.2) is 5.71 Å². The SMILES string of the molecule is CC(C1=CC2=Nc3cc(C(C)c4ccccc4)ccc3SC2=CC1)c1ccccc1. The Labute approximate surface area is 183 Å².